The third kappa shape index (κ3) is 3.97. The molecule has 0 fully saturated rings. The Kier molecular flexibility index (Phi) is 5.52. The Bertz CT molecular complexity index is 1050. The maximum absolute atomic E-state index is 13.2. The molecular weight excluding hydrogens is 406 g/mol. The maximum atomic E-state index is 13.2. The molecule has 0 bridgehead atoms. The van der Waals surface area contributed by atoms with Crippen LogP contribution in [0.15, 0.2) is 47.6 Å². The molecule has 1 amide bonds. The normalized spacial score (nSPS) is 18.1. The van der Waals surface area contributed by atoms with Gasteiger partial charge in [-0.3, -0.25) is 4.79 Å². The van der Waals surface area contributed by atoms with Gasteiger partial charge in [-0.2, -0.15) is 0 Å². The number of fused-ring (bicyclic) bond motifs is 1. The number of aryl methyl sites for hydroxylation is 3. The van der Waals surface area contributed by atoms with Gasteiger partial charge >= 0.3 is 0 Å². The zero-order valence-electron chi connectivity index (χ0n) is 16.4. The first kappa shape index (κ1) is 19.8. The summed E-state index contributed by atoms with van der Waals surface area (Å²) in [7, 11) is 0. The number of benzene rings is 2. The number of thioether (sulfide) groups is 1. The van der Waals surface area contributed by atoms with E-state index in [0.717, 1.165) is 29.1 Å². The Hall–Kier alpha value is -2.51. The highest BCUT2D eigenvalue weighted by Gasteiger charge is 2.37. The van der Waals surface area contributed by atoms with Crippen LogP contribution in [0.1, 0.15) is 35.5 Å². The van der Waals surface area contributed by atoms with E-state index in [-0.39, 0.29) is 11.9 Å². The standard InChI is InChI=1S/C21H22ClN5OS/c1-4-17-24-25-21-27(17)26-18(14-6-8-15(22)9-7-14)19(29-21)20(28)23-16-10-5-12(2)13(3)11-16/h5-11,18-19,26H,4H2,1-3H3,(H,23,28). The lowest BCUT2D eigenvalue weighted by Gasteiger charge is -2.33. The van der Waals surface area contributed by atoms with Crippen molar-refractivity contribution >= 4 is 35.0 Å². The SMILES string of the molecule is CCc1nnc2n1NC(c1ccc(Cl)cc1)C(C(=O)Nc1ccc(C)c(C)c1)S2. The van der Waals surface area contributed by atoms with E-state index in [9.17, 15) is 4.79 Å². The topological polar surface area (TPSA) is 71.8 Å². The lowest BCUT2D eigenvalue weighted by molar-refractivity contribution is -0.116. The highest BCUT2D eigenvalue weighted by molar-refractivity contribution is 8.00. The van der Waals surface area contributed by atoms with Crippen molar-refractivity contribution in [1.29, 1.82) is 0 Å². The summed E-state index contributed by atoms with van der Waals surface area (Å²) in [4.78, 5) is 13.2. The number of carbonyl (C=O) groups is 1. The second kappa shape index (κ2) is 8.08. The van der Waals surface area contributed by atoms with Crippen LogP contribution in [0, 0.1) is 13.8 Å². The van der Waals surface area contributed by atoms with Gasteiger partial charge in [0.05, 0.1) is 6.04 Å². The Morgan fingerprint density at radius 3 is 2.62 bits per heavy atom. The van der Waals surface area contributed by atoms with Crippen molar-refractivity contribution in [2.75, 3.05) is 10.7 Å². The van der Waals surface area contributed by atoms with Crippen LogP contribution in [-0.4, -0.2) is 26.0 Å². The summed E-state index contributed by atoms with van der Waals surface area (Å²) in [5.41, 5.74) is 7.53. The summed E-state index contributed by atoms with van der Waals surface area (Å²) in [6.45, 7) is 6.11. The van der Waals surface area contributed by atoms with Gasteiger partial charge < -0.3 is 10.7 Å². The number of aromatic nitrogens is 3. The van der Waals surface area contributed by atoms with Gasteiger partial charge in [0, 0.05) is 17.1 Å². The van der Waals surface area contributed by atoms with Crippen LogP contribution < -0.4 is 10.7 Å². The van der Waals surface area contributed by atoms with E-state index in [0.29, 0.717) is 10.2 Å². The highest BCUT2D eigenvalue weighted by Crippen LogP contribution is 2.38. The van der Waals surface area contributed by atoms with E-state index >= 15 is 0 Å². The molecule has 2 N–H and O–H groups in total. The minimum Gasteiger partial charge on any atom is -0.325 e. The van der Waals surface area contributed by atoms with Gasteiger partial charge in [-0.1, -0.05) is 48.5 Å². The minimum absolute atomic E-state index is 0.0852. The first-order valence-electron chi connectivity index (χ1n) is 9.47. The van der Waals surface area contributed by atoms with E-state index in [1.54, 1.807) is 0 Å². The molecule has 1 aromatic heterocycles. The number of nitrogens with one attached hydrogen (secondary N) is 2. The summed E-state index contributed by atoms with van der Waals surface area (Å²) >= 11 is 7.48. The van der Waals surface area contributed by atoms with Gasteiger partial charge in [0.2, 0.25) is 11.1 Å². The fraction of sp³-hybridized carbons (Fsp3) is 0.286. The van der Waals surface area contributed by atoms with Crippen molar-refractivity contribution in [2.24, 2.45) is 0 Å². The molecule has 2 aromatic carbocycles. The molecule has 2 unspecified atom stereocenters. The molecule has 1 aliphatic rings. The molecule has 29 heavy (non-hydrogen) atoms. The molecule has 0 saturated carbocycles. The van der Waals surface area contributed by atoms with Crippen LogP contribution in [0.3, 0.4) is 0 Å². The molecule has 0 saturated heterocycles. The van der Waals surface area contributed by atoms with Crippen LogP contribution in [0.2, 0.25) is 5.02 Å². The van der Waals surface area contributed by atoms with Crippen LogP contribution in [0.5, 0.6) is 0 Å². The number of nitrogens with zero attached hydrogens (tertiary/aromatic N) is 3. The van der Waals surface area contributed by atoms with E-state index in [4.69, 9.17) is 11.6 Å². The third-order valence-corrected chi connectivity index (χ3v) is 6.55. The second-order valence-corrected chi connectivity index (χ2v) is 8.62. The molecule has 6 nitrogen and oxygen atoms in total. The largest absolute Gasteiger partial charge is 0.325 e. The number of carbonyl (C=O) groups excluding carboxylic acids is 1. The van der Waals surface area contributed by atoms with Crippen molar-refractivity contribution < 1.29 is 4.79 Å². The molecule has 2 heterocycles. The summed E-state index contributed by atoms with van der Waals surface area (Å²) in [6, 6.07) is 13.2. The van der Waals surface area contributed by atoms with Gasteiger partial charge in [-0.25, -0.2) is 4.68 Å². The van der Waals surface area contributed by atoms with Gasteiger partial charge in [-0.15, -0.1) is 10.2 Å². The van der Waals surface area contributed by atoms with Crippen LogP contribution >= 0.6 is 23.4 Å². The third-order valence-electron chi connectivity index (χ3n) is 5.08. The Balaban J connectivity index is 1.66. The zero-order chi connectivity index (χ0) is 20.5. The van der Waals surface area contributed by atoms with Gasteiger partial charge in [0.1, 0.15) is 5.25 Å². The number of amides is 1. The molecule has 0 aliphatic carbocycles. The molecule has 0 spiro atoms. The maximum Gasteiger partial charge on any atom is 0.240 e. The number of hydrogen-bond acceptors (Lipinski definition) is 5. The minimum atomic E-state index is -0.417. The fourth-order valence-corrected chi connectivity index (χ4v) is 4.51. The lowest BCUT2D eigenvalue weighted by Crippen LogP contribution is -2.41. The van der Waals surface area contributed by atoms with E-state index in [2.05, 4.69) is 27.9 Å². The fourth-order valence-electron chi connectivity index (χ4n) is 3.28. The molecule has 3 aromatic rings. The Morgan fingerprint density at radius 2 is 1.93 bits per heavy atom. The quantitative estimate of drug-likeness (QED) is 0.641. The van der Waals surface area contributed by atoms with Crippen molar-refractivity contribution in [2.45, 2.75) is 43.6 Å². The van der Waals surface area contributed by atoms with Crippen molar-refractivity contribution in [1.82, 2.24) is 14.9 Å². The van der Waals surface area contributed by atoms with E-state index in [1.165, 1.54) is 17.3 Å². The predicted octanol–water partition coefficient (Wildman–Crippen LogP) is 4.51. The lowest BCUT2D eigenvalue weighted by atomic mass is 10.0. The monoisotopic (exact) mass is 427 g/mol. The zero-order valence-corrected chi connectivity index (χ0v) is 18.0. The van der Waals surface area contributed by atoms with Crippen molar-refractivity contribution in [3.63, 3.8) is 0 Å². The highest BCUT2D eigenvalue weighted by atomic mass is 35.5. The van der Waals surface area contributed by atoms with Crippen molar-refractivity contribution in [3.05, 3.63) is 70.0 Å². The molecule has 0 radical (unpaired) electrons. The predicted molar refractivity (Wildman–Crippen MR) is 117 cm³/mol. The van der Waals surface area contributed by atoms with E-state index in [1.807, 2.05) is 61.0 Å². The number of rotatable bonds is 4. The molecular formula is C21H22ClN5OS. The Labute approximate surface area is 179 Å². The Morgan fingerprint density at radius 1 is 1.17 bits per heavy atom. The van der Waals surface area contributed by atoms with Gasteiger partial charge in [-0.05, 0) is 54.8 Å². The first-order valence-corrected chi connectivity index (χ1v) is 10.7. The summed E-state index contributed by atoms with van der Waals surface area (Å²) in [6.07, 6.45) is 0.743. The van der Waals surface area contributed by atoms with Crippen LogP contribution in [0.4, 0.5) is 5.69 Å². The molecule has 150 valence electrons. The average Bonchev–Trinajstić information content (AvgIpc) is 3.12. The summed E-state index contributed by atoms with van der Waals surface area (Å²) in [5.74, 6) is 0.748. The summed E-state index contributed by atoms with van der Waals surface area (Å²) in [5, 5.41) is 12.5. The second-order valence-electron chi connectivity index (χ2n) is 7.07. The summed E-state index contributed by atoms with van der Waals surface area (Å²) < 4.78 is 1.88. The van der Waals surface area contributed by atoms with E-state index < -0.39 is 5.25 Å². The number of halogens is 1. The molecule has 2 atom stereocenters. The number of anilines is 1. The van der Waals surface area contributed by atoms with Crippen LogP contribution in [0.25, 0.3) is 0 Å². The molecule has 1 aliphatic heterocycles. The van der Waals surface area contributed by atoms with Gasteiger partial charge in [0.15, 0.2) is 5.82 Å². The molecule has 8 heteroatoms. The molecule has 4 rings (SSSR count). The first-order chi connectivity index (χ1) is 14.0. The average molecular weight is 428 g/mol. The van der Waals surface area contributed by atoms with Crippen molar-refractivity contribution in [3.8, 4) is 0 Å². The smallest absolute Gasteiger partial charge is 0.240 e. The van der Waals surface area contributed by atoms with Gasteiger partial charge in [0.25, 0.3) is 0 Å². The van der Waals surface area contributed by atoms with Crippen LogP contribution in [-0.2, 0) is 11.2 Å². The number of hydrogen-bond donors (Lipinski definition) is 2.